The minimum atomic E-state index is -0.347. The van der Waals surface area contributed by atoms with Gasteiger partial charge < -0.3 is 20.3 Å². The van der Waals surface area contributed by atoms with Gasteiger partial charge in [0.2, 0.25) is 0 Å². The van der Waals surface area contributed by atoms with Crippen LogP contribution in [0.2, 0.25) is 10.0 Å². The highest BCUT2D eigenvalue weighted by Gasteiger charge is 2.22. The van der Waals surface area contributed by atoms with Gasteiger partial charge in [0.05, 0.1) is 38.9 Å². The van der Waals surface area contributed by atoms with Gasteiger partial charge in [0.1, 0.15) is 29.3 Å². The fourth-order valence-corrected chi connectivity index (χ4v) is 4.33. The quantitative estimate of drug-likeness (QED) is 0.413. The lowest BCUT2D eigenvalue weighted by Crippen LogP contribution is -2.22. The SMILES string of the molecule is N#Cc1cc(Cl)c(-c2nc3c(Nc4cc(N5CCC(O)C5)ncn4)nccc3[nH]2)c(Cl)c1. The first-order chi connectivity index (χ1) is 15.5. The van der Waals surface area contributed by atoms with Gasteiger partial charge in [-0.3, -0.25) is 0 Å². The van der Waals surface area contributed by atoms with E-state index in [4.69, 9.17) is 28.5 Å². The van der Waals surface area contributed by atoms with E-state index in [-0.39, 0.29) is 6.10 Å². The molecule has 0 amide bonds. The number of rotatable bonds is 4. The van der Waals surface area contributed by atoms with Crippen LogP contribution in [0.4, 0.5) is 17.5 Å². The Morgan fingerprint density at radius 1 is 1.19 bits per heavy atom. The second kappa shape index (κ2) is 8.24. The van der Waals surface area contributed by atoms with Gasteiger partial charge in [-0.05, 0) is 24.6 Å². The van der Waals surface area contributed by atoms with E-state index in [9.17, 15) is 5.11 Å². The Balaban J connectivity index is 1.50. The topological polar surface area (TPSA) is 127 Å². The van der Waals surface area contributed by atoms with Gasteiger partial charge in [0.25, 0.3) is 0 Å². The number of hydrogen-bond acceptors (Lipinski definition) is 8. The first kappa shape index (κ1) is 20.5. The van der Waals surface area contributed by atoms with Crippen LogP contribution in [0.25, 0.3) is 22.4 Å². The Morgan fingerprint density at radius 3 is 2.72 bits per heavy atom. The molecule has 11 heteroatoms. The molecule has 0 saturated carbocycles. The lowest BCUT2D eigenvalue weighted by Gasteiger charge is -2.16. The largest absolute Gasteiger partial charge is 0.391 e. The molecule has 5 rings (SSSR count). The standard InChI is InChI=1S/C21H16Cl2N8O/c22-13-5-11(8-24)6-14(23)18(13)20-28-15-1-3-25-21(19(15)30-20)29-16-7-17(27-10-26-16)31-4-2-12(32)9-31/h1,3,5-7,10,12,32H,2,4,9H2,(H,28,30)(H,25,26,27,29). The Bertz CT molecular complexity index is 1340. The lowest BCUT2D eigenvalue weighted by molar-refractivity contribution is 0.198. The molecule has 1 atom stereocenters. The van der Waals surface area contributed by atoms with E-state index in [1.54, 1.807) is 30.5 Å². The molecule has 9 nitrogen and oxygen atoms in total. The van der Waals surface area contributed by atoms with E-state index in [1.165, 1.54) is 6.33 Å². The molecule has 3 N–H and O–H groups in total. The maximum absolute atomic E-state index is 9.79. The van der Waals surface area contributed by atoms with Gasteiger partial charge in [-0.2, -0.15) is 5.26 Å². The second-order valence-electron chi connectivity index (χ2n) is 7.34. The van der Waals surface area contributed by atoms with Crippen LogP contribution in [-0.4, -0.2) is 49.2 Å². The maximum atomic E-state index is 9.79. The van der Waals surface area contributed by atoms with Gasteiger partial charge in [-0.25, -0.2) is 19.9 Å². The summed E-state index contributed by atoms with van der Waals surface area (Å²) in [5.41, 5.74) is 2.18. The molecular formula is C21H16Cl2N8O. The predicted molar refractivity (Wildman–Crippen MR) is 122 cm³/mol. The zero-order valence-electron chi connectivity index (χ0n) is 16.5. The monoisotopic (exact) mass is 466 g/mol. The maximum Gasteiger partial charge on any atom is 0.159 e. The van der Waals surface area contributed by atoms with Crippen LogP contribution >= 0.6 is 23.2 Å². The molecule has 3 aromatic heterocycles. The summed E-state index contributed by atoms with van der Waals surface area (Å²) in [4.78, 5) is 22.9. The Morgan fingerprint density at radius 2 is 2.00 bits per heavy atom. The molecule has 4 aromatic rings. The minimum absolute atomic E-state index is 0.323. The number of nitriles is 1. The van der Waals surface area contributed by atoms with Gasteiger partial charge >= 0.3 is 0 Å². The molecule has 1 aliphatic heterocycles. The average molecular weight is 467 g/mol. The smallest absolute Gasteiger partial charge is 0.159 e. The minimum Gasteiger partial charge on any atom is -0.391 e. The zero-order valence-corrected chi connectivity index (χ0v) is 18.1. The second-order valence-corrected chi connectivity index (χ2v) is 8.16. The van der Waals surface area contributed by atoms with E-state index in [0.29, 0.717) is 57.1 Å². The predicted octanol–water partition coefficient (Wildman–Crippen LogP) is 3.91. The summed E-state index contributed by atoms with van der Waals surface area (Å²) < 4.78 is 0. The molecule has 160 valence electrons. The van der Waals surface area contributed by atoms with Gasteiger partial charge in [-0.15, -0.1) is 0 Å². The van der Waals surface area contributed by atoms with Crippen molar-refractivity contribution in [2.24, 2.45) is 0 Å². The highest BCUT2D eigenvalue weighted by molar-refractivity contribution is 6.39. The number of fused-ring (bicyclic) bond motifs is 1. The summed E-state index contributed by atoms with van der Waals surface area (Å²) in [5.74, 6) is 2.24. The van der Waals surface area contributed by atoms with Crippen LogP contribution in [0.3, 0.4) is 0 Å². The molecule has 1 aliphatic rings. The van der Waals surface area contributed by atoms with Crippen LogP contribution < -0.4 is 10.2 Å². The van der Waals surface area contributed by atoms with Crippen molar-refractivity contribution in [1.29, 1.82) is 5.26 Å². The van der Waals surface area contributed by atoms with Gasteiger partial charge in [0, 0.05) is 25.4 Å². The third-order valence-corrected chi connectivity index (χ3v) is 5.79. The molecule has 1 saturated heterocycles. The summed E-state index contributed by atoms with van der Waals surface area (Å²) in [7, 11) is 0. The number of halogens is 2. The van der Waals surface area contributed by atoms with Crippen molar-refractivity contribution in [3.05, 3.63) is 52.4 Å². The molecule has 0 bridgehead atoms. The number of imidazole rings is 1. The van der Waals surface area contributed by atoms with Crippen LogP contribution in [0.15, 0.2) is 36.8 Å². The van der Waals surface area contributed by atoms with Crippen molar-refractivity contribution >= 4 is 51.7 Å². The molecule has 4 heterocycles. The Labute approximate surface area is 192 Å². The highest BCUT2D eigenvalue weighted by atomic mass is 35.5. The number of aromatic nitrogens is 5. The number of benzene rings is 1. The van der Waals surface area contributed by atoms with Gasteiger partial charge in [-0.1, -0.05) is 23.2 Å². The molecular weight excluding hydrogens is 451 g/mol. The molecule has 0 aliphatic carbocycles. The van der Waals surface area contributed by atoms with Crippen LogP contribution in [-0.2, 0) is 0 Å². The summed E-state index contributed by atoms with van der Waals surface area (Å²) in [5, 5.41) is 22.7. The number of pyridine rings is 1. The zero-order chi connectivity index (χ0) is 22.2. The van der Waals surface area contributed by atoms with Crippen LogP contribution in [0.1, 0.15) is 12.0 Å². The van der Waals surface area contributed by atoms with Crippen molar-refractivity contribution < 1.29 is 5.11 Å². The number of aliphatic hydroxyl groups is 1. The lowest BCUT2D eigenvalue weighted by atomic mass is 10.1. The van der Waals surface area contributed by atoms with Crippen molar-refractivity contribution in [2.75, 3.05) is 23.3 Å². The van der Waals surface area contributed by atoms with E-state index in [1.807, 2.05) is 11.0 Å². The number of hydrogen-bond donors (Lipinski definition) is 3. The van der Waals surface area contributed by atoms with E-state index in [0.717, 1.165) is 17.9 Å². The molecule has 1 fully saturated rings. The Kier molecular flexibility index (Phi) is 5.27. The fraction of sp³-hybridized carbons (Fsp3) is 0.190. The van der Waals surface area contributed by atoms with Crippen molar-refractivity contribution in [2.45, 2.75) is 12.5 Å². The molecule has 32 heavy (non-hydrogen) atoms. The summed E-state index contributed by atoms with van der Waals surface area (Å²) >= 11 is 12.7. The van der Waals surface area contributed by atoms with Gasteiger partial charge in [0.15, 0.2) is 5.82 Å². The van der Waals surface area contributed by atoms with Crippen LogP contribution in [0, 0.1) is 11.3 Å². The summed E-state index contributed by atoms with van der Waals surface area (Å²) in [6.45, 7) is 1.28. The van der Waals surface area contributed by atoms with E-state index >= 15 is 0 Å². The number of H-pyrrole nitrogens is 1. The summed E-state index contributed by atoms with van der Waals surface area (Å²) in [6.07, 6.45) is 3.48. The first-order valence-electron chi connectivity index (χ1n) is 9.78. The van der Waals surface area contributed by atoms with Crippen molar-refractivity contribution in [1.82, 2.24) is 24.9 Å². The number of nitrogens with one attached hydrogen (secondary N) is 2. The average Bonchev–Trinajstić information content (AvgIpc) is 3.40. The number of anilines is 3. The number of aliphatic hydroxyl groups excluding tert-OH is 1. The van der Waals surface area contributed by atoms with Crippen molar-refractivity contribution in [3.63, 3.8) is 0 Å². The van der Waals surface area contributed by atoms with Crippen LogP contribution in [0.5, 0.6) is 0 Å². The van der Waals surface area contributed by atoms with Crippen molar-refractivity contribution in [3.8, 4) is 17.5 Å². The fourth-order valence-electron chi connectivity index (χ4n) is 3.67. The highest BCUT2D eigenvalue weighted by Crippen LogP contribution is 2.36. The normalized spacial score (nSPS) is 15.8. The molecule has 0 radical (unpaired) electrons. The molecule has 1 aromatic carbocycles. The third-order valence-electron chi connectivity index (χ3n) is 5.20. The number of β-amino-alcohol motifs (C(OH)–C–C–N with tert-alkyl or cyclic N) is 1. The summed E-state index contributed by atoms with van der Waals surface area (Å²) in [6, 6.07) is 8.72. The molecule has 0 spiro atoms. The van der Waals surface area contributed by atoms with E-state index in [2.05, 4.69) is 30.2 Å². The first-order valence-corrected chi connectivity index (χ1v) is 10.5. The number of aromatic amines is 1. The third kappa shape index (κ3) is 3.80. The Hall–Kier alpha value is -3.45. The number of nitrogens with zero attached hydrogens (tertiary/aromatic N) is 6. The molecule has 1 unspecified atom stereocenters. The van der Waals surface area contributed by atoms with E-state index < -0.39 is 0 Å².